The fraction of sp³-hybridized carbons (Fsp3) is 0.250. The molecule has 0 bridgehead atoms. The number of alkyl halides is 3. The molecule has 6 nitrogen and oxygen atoms in total. The van der Waals surface area contributed by atoms with Crippen LogP contribution >= 0.6 is 0 Å². The van der Waals surface area contributed by atoms with E-state index in [1.165, 1.54) is 18.2 Å². The monoisotopic (exact) mass is 403 g/mol. The zero-order chi connectivity index (χ0) is 21.0. The van der Waals surface area contributed by atoms with Gasteiger partial charge in [-0.3, -0.25) is 4.79 Å². The molecule has 0 fully saturated rings. The first-order chi connectivity index (χ1) is 13.8. The Morgan fingerprint density at radius 2 is 2.00 bits per heavy atom. The maximum Gasteiger partial charge on any atom is 0.416 e. The van der Waals surface area contributed by atoms with Gasteiger partial charge in [0.05, 0.1) is 11.3 Å². The van der Waals surface area contributed by atoms with Gasteiger partial charge in [-0.15, -0.1) is 0 Å². The third-order valence-electron chi connectivity index (χ3n) is 4.27. The van der Waals surface area contributed by atoms with Gasteiger partial charge in [-0.25, -0.2) is 9.97 Å². The van der Waals surface area contributed by atoms with Crippen LogP contribution in [0.15, 0.2) is 42.7 Å². The topological polar surface area (TPSA) is 82.7 Å². The molecule has 0 saturated carbocycles. The summed E-state index contributed by atoms with van der Waals surface area (Å²) in [5.74, 6) is -0.0316. The Morgan fingerprint density at radius 3 is 2.72 bits per heavy atom. The van der Waals surface area contributed by atoms with Crippen LogP contribution in [0.5, 0.6) is 0 Å². The molecule has 3 rings (SSSR count). The van der Waals surface area contributed by atoms with E-state index in [0.29, 0.717) is 23.8 Å². The Balaban J connectivity index is 1.75. The predicted molar refractivity (Wildman–Crippen MR) is 103 cm³/mol. The van der Waals surface area contributed by atoms with Crippen LogP contribution in [0.25, 0.3) is 11.3 Å². The van der Waals surface area contributed by atoms with Crippen molar-refractivity contribution >= 4 is 11.9 Å². The smallest absolute Gasteiger partial charge is 0.357 e. The van der Waals surface area contributed by atoms with Crippen molar-refractivity contribution in [1.29, 1.82) is 0 Å². The van der Waals surface area contributed by atoms with Crippen molar-refractivity contribution in [2.24, 2.45) is 0 Å². The molecule has 0 atom stereocenters. The second-order valence-electron chi connectivity index (χ2n) is 6.40. The molecule has 0 aliphatic rings. The molecule has 0 saturated heterocycles. The molecule has 2 aromatic heterocycles. The molecule has 0 radical (unpaired) electrons. The molecule has 152 valence electrons. The lowest BCUT2D eigenvalue weighted by Crippen LogP contribution is -2.24. The highest BCUT2D eigenvalue weighted by Crippen LogP contribution is 2.31. The number of carbonyl (C=O) groups excluding carboxylic acids is 1. The molecule has 3 aromatic rings. The number of halogens is 3. The number of carbonyl (C=O) groups is 1. The Bertz CT molecular complexity index is 1010. The lowest BCUT2D eigenvalue weighted by molar-refractivity contribution is -0.138. The first-order valence-electron chi connectivity index (χ1n) is 8.99. The summed E-state index contributed by atoms with van der Waals surface area (Å²) in [4.78, 5) is 23.9. The zero-order valence-electron chi connectivity index (χ0n) is 15.9. The highest BCUT2D eigenvalue weighted by molar-refractivity contribution is 5.93. The molecule has 0 aliphatic carbocycles. The van der Waals surface area contributed by atoms with Crippen LogP contribution in [0.1, 0.15) is 34.1 Å². The summed E-state index contributed by atoms with van der Waals surface area (Å²) < 4.78 is 39.2. The van der Waals surface area contributed by atoms with Crippen molar-refractivity contribution in [1.82, 2.24) is 20.3 Å². The van der Waals surface area contributed by atoms with E-state index in [9.17, 15) is 18.0 Å². The summed E-state index contributed by atoms with van der Waals surface area (Å²) in [6.07, 6.45) is -1.17. The van der Waals surface area contributed by atoms with Crippen molar-refractivity contribution in [3.8, 4) is 11.3 Å². The SMILES string of the molecule is CCNc1ncc(C)c(-c2c[nH]c(C(=O)NCc3ccccc3C(F)(F)F)c2)n1. The van der Waals surface area contributed by atoms with E-state index >= 15 is 0 Å². The molecule has 0 aliphatic heterocycles. The third-order valence-corrected chi connectivity index (χ3v) is 4.27. The number of hydrogen-bond donors (Lipinski definition) is 3. The minimum Gasteiger partial charge on any atom is -0.357 e. The number of amides is 1. The molecule has 9 heteroatoms. The molecular formula is C20H20F3N5O. The summed E-state index contributed by atoms with van der Waals surface area (Å²) in [5.41, 5.74) is 1.64. The maximum absolute atomic E-state index is 13.1. The highest BCUT2D eigenvalue weighted by Gasteiger charge is 2.32. The predicted octanol–water partition coefficient (Wildman–Crippen LogP) is 4.16. The van der Waals surface area contributed by atoms with Crippen molar-refractivity contribution in [3.63, 3.8) is 0 Å². The third kappa shape index (κ3) is 4.74. The van der Waals surface area contributed by atoms with Gasteiger partial charge < -0.3 is 15.6 Å². The Morgan fingerprint density at radius 1 is 1.24 bits per heavy atom. The van der Waals surface area contributed by atoms with E-state index in [2.05, 4.69) is 25.6 Å². The highest BCUT2D eigenvalue weighted by atomic mass is 19.4. The minimum absolute atomic E-state index is 0.00190. The molecule has 0 spiro atoms. The van der Waals surface area contributed by atoms with Crippen LogP contribution < -0.4 is 10.6 Å². The molecule has 3 N–H and O–H groups in total. The van der Waals surface area contributed by atoms with E-state index in [0.717, 1.165) is 11.6 Å². The quantitative estimate of drug-likeness (QED) is 0.577. The summed E-state index contributed by atoms with van der Waals surface area (Å²) >= 11 is 0. The average Bonchev–Trinajstić information content (AvgIpc) is 3.17. The second kappa shape index (κ2) is 8.34. The van der Waals surface area contributed by atoms with Gasteiger partial charge in [0.25, 0.3) is 5.91 Å². The summed E-state index contributed by atoms with van der Waals surface area (Å²) in [5, 5.41) is 5.55. The molecular weight excluding hydrogens is 383 g/mol. The van der Waals surface area contributed by atoms with E-state index in [1.807, 2.05) is 13.8 Å². The van der Waals surface area contributed by atoms with Crippen LogP contribution in [0, 0.1) is 6.92 Å². The normalized spacial score (nSPS) is 11.3. The van der Waals surface area contributed by atoms with Gasteiger partial charge in [-0.2, -0.15) is 13.2 Å². The van der Waals surface area contributed by atoms with E-state index < -0.39 is 17.6 Å². The number of nitrogens with one attached hydrogen (secondary N) is 3. The van der Waals surface area contributed by atoms with Gasteiger partial charge in [0.1, 0.15) is 5.69 Å². The minimum atomic E-state index is -4.48. The Kier molecular flexibility index (Phi) is 5.86. The molecule has 29 heavy (non-hydrogen) atoms. The van der Waals surface area contributed by atoms with Crippen LogP contribution in [-0.2, 0) is 12.7 Å². The fourth-order valence-electron chi connectivity index (χ4n) is 2.86. The lowest BCUT2D eigenvalue weighted by Gasteiger charge is -2.12. The first kappa shape index (κ1) is 20.4. The number of H-pyrrole nitrogens is 1. The number of aryl methyl sites for hydroxylation is 1. The number of anilines is 1. The Labute approximate surface area is 165 Å². The largest absolute Gasteiger partial charge is 0.416 e. The number of aromatic nitrogens is 3. The van der Waals surface area contributed by atoms with Crippen molar-refractivity contribution in [2.45, 2.75) is 26.6 Å². The van der Waals surface area contributed by atoms with Crippen LogP contribution in [0.4, 0.5) is 19.1 Å². The number of benzene rings is 1. The number of rotatable bonds is 6. The fourth-order valence-corrected chi connectivity index (χ4v) is 2.86. The van der Waals surface area contributed by atoms with Crippen molar-refractivity contribution in [3.05, 3.63) is 65.1 Å². The molecule has 1 amide bonds. The number of nitrogens with zero attached hydrogens (tertiary/aromatic N) is 2. The van der Waals surface area contributed by atoms with Crippen molar-refractivity contribution < 1.29 is 18.0 Å². The van der Waals surface area contributed by atoms with Crippen LogP contribution in [0.3, 0.4) is 0 Å². The van der Waals surface area contributed by atoms with Gasteiger partial charge in [0.2, 0.25) is 5.95 Å². The standard InChI is InChI=1S/C20H20F3N5O/c1-3-24-19-27-9-12(2)17(28-19)14-8-16(25-11-14)18(29)26-10-13-6-4-5-7-15(13)20(21,22)23/h4-9,11,25H,3,10H2,1-2H3,(H,26,29)(H,24,27,28). The van der Waals surface area contributed by atoms with Crippen LogP contribution in [0.2, 0.25) is 0 Å². The molecule has 0 unspecified atom stereocenters. The van der Waals surface area contributed by atoms with Gasteiger partial charge in [0.15, 0.2) is 0 Å². The van der Waals surface area contributed by atoms with Gasteiger partial charge >= 0.3 is 6.18 Å². The van der Waals surface area contributed by atoms with Crippen LogP contribution in [-0.4, -0.2) is 27.4 Å². The molecule has 2 heterocycles. The molecule has 1 aromatic carbocycles. The maximum atomic E-state index is 13.1. The van der Waals surface area contributed by atoms with E-state index in [1.54, 1.807) is 18.5 Å². The van der Waals surface area contributed by atoms with E-state index in [-0.39, 0.29) is 17.8 Å². The van der Waals surface area contributed by atoms with Gasteiger partial charge in [-0.05, 0) is 37.1 Å². The number of hydrogen-bond acceptors (Lipinski definition) is 4. The van der Waals surface area contributed by atoms with Gasteiger partial charge in [-0.1, -0.05) is 18.2 Å². The second-order valence-corrected chi connectivity index (χ2v) is 6.40. The first-order valence-corrected chi connectivity index (χ1v) is 8.99. The van der Waals surface area contributed by atoms with Gasteiger partial charge in [0, 0.05) is 31.0 Å². The summed E-state index contributed by atoms with van der Waals surface area (Å²) in [7, 11) is 0. The van der Waals surface area contributed by atoms with Crippen molar-refractivity contribution in [2.75, 3.05) is 11.9 Å². The average molecular weight is 403 g/mol. The lowest BCUT2D eigenvalue weighted by atomic mass is 10.1. The van der Waals surface area contributed by atoms with E-state index in [4.69, 9.17) is 0 Å². The Hall–Kier alpha value is -3.36. The summed E-state index contributed by atoms with van der Waals surface area (Å²) in [6.45, 7) is 4.22. The summed E-state index contributed by atoms with van der Waals surface area (Å²) in [6, 6.07) is 6.76. The number of aromatic amines is 1. The zero-order valence-corrected chi connectivity index (χ0v) is 15.9.